The predicted octanol–water partition coefficient (Wildman–Crippen LogP) is 38.8. The van der Waals surface area contributed by atoms with Crippen LogP contribution in [0.5, 0.6) is 0 Å². The lowest BCUT2D eigenvalue weighted by atomic mass is 9.88. The number of aromatic nitrogens is 6. The van der Waals surface area contributed by atoms with Gasteiger partial charge >= 0.3 is 0 Å². The summed E-state index contributed by atoms with van der Waals surface area (Å²) in [4.78, 5) is 22.4. The Balaban J connectivity index is 0.000000139. The third kappa shape index (κ3) is 13.9. The Kier molecular flexibility index (Phi) is 20.0. The molecule has 0 N–H and O–H groups in total. The maximum Gasteiger partial charge on any atom is 0.145 e. The van der Waals surface area contributed by atoms with Gasteiger partial charge in [-0.05, 0) is 269 Å². The van der Waals surface area contributed by atoms with E-state index in [2.05, 4.69) is 543 Å². The first-order valence-corrected chi connectivity index (χ1v) is 51.5. The molecular formula is C144H88N6. The molecule has 0 aliphatic rings. The number of fused-ring (bicyclic) bond motifs is 31. The number of pyridine rings is 2. The minimum atomic E-state index is 0.881. The van der Waals surface area contributed by atoms with E-state index >= 15 is 0 Å². The standard InChI is InChI=1S/C76H47N3.C68H41N3/c1-4-20-49(21-5-1)73-75(50-22-6-2-7-23-50)79(76(78-73)51-24-8-3-9-25-51)54-40-36-48(37-41-54)68-47-72(53-39-43-65-60-31-13-11-27-56(60)58-29-15-17-33-62(58)70(65)45-53)77-74-66-35-19-18-34-63(66)67(46-71(68)74)52-38-42-64-59-30-12-10-26-55(59)57-28-14-16-32-61(57)69(64)44-52;1-3-17-42(18-4-1)68-70-65-39-44(33-36-66(65)71(68)46-19-5-2-6-20-46)60-41-64(45-32-35-57-52-26-10-8-22-48(52)50-24-12-14-28-54(50)62(57)38-45)69-67-58-30-16-15-29-55(58)59(40-63(60)67)43-31-34-56-51-25-9-7-21-47(51)49-23-11-13-27-53(49)61(56)37-43/h1-47H;1-41H. The van der Waals surface area contributed by atoms with Gasteiger partial charge in [0.15, 0.2) is 0 Å². The minimum absolute atomic E-state index is 0.881. The van der Waals surface area contributed by atoms with E-state index in [9.17, 15) is 0 Å². The maximum atomic E-state index is 5.74. The van der Waals surface area contributed by atoms with Gasteiger partial charge < -0.3 is 0 Å². The average Bonchev–Trinajstić information content (AvgIpc) is 0.752. The lowest BCUT2D eigenvalue weighted by Crippen LogP contribution is -2.00. The molecule has 0 saturated heterocycles. The monoisotopic (exact) mass is 1900 g/mol. The van der Waals surface area contributed by atoms with Gasteiger partial charge in [-0.2, -0.15) is 0 Å². The summed E-state index contributed by atoms with van der Waals surface area (Å²) in [7, 11) is 0. The van der Waals surface area contributed by atoms with Crippen molar-refractivity contribution in [2.45, 2.75) is 0 Å². The number of para-hydroxylation sites is 1. The van der Waals surface area contributed by atoms with Gasteiger partial charge in [-0.3, -0.25) is 9.13 Å². The Labute approximate surface area is 863 Å². The van der Waals surface area contributed by atoms with Crippen LogP contribution < -0.4 is 0 Å². The van der Waals surface area contributed by atoms with E-state index in [1.54, 1.807) is 0 Å². The molecule has 0 radical (unpaired) electrons. The molecule has 4 aromatic heterocycles. The van der Waals surface area contributed by atoms with Gasteiger partial charge in [0.05, 0.1) is 44.8 Å². The second kappa shape index (κ2) is 35.0. The number of hydrogen-bond donors (Lipinski definition) is 0. The van der Waals surface area contributed by atoms with Crippen LogP contribution >= 0.6 is 0 Å². The molecular weight excluding hydrogens is 1810 g/mol. The van der Waals surface area contributed by atoms with Gasteiger partial charge in [0.2, 0.25) is 0 Å². The first kappa shape index (κ1) is 85.6. The molecule has 0 aliphatic carbocycles. The summed E-state index contributed by atoms with van der Waals surface area (Å²) in [5.41, 5.74) is 25.3. The van der Waals surface area contributed by atoms with Gasteiger partial charge in [-0.25, -0.2) is 19.9 Å². The number of benzene rings is 27. The van der Waals surface area contributed by atoms with Crippen LogP contribution in [-0.4, -0.2) is 29.1 Å². The maximum absolute atomic E-state index is 5.74. The van der Waals surface area contributed by atoms with Crippen LogP contribution in [0.3, 0.4) is 0 Å². The van der Waals surface area contributed by atoms with Crippen molar-refractivity contribution in [3.05, 3.63) is 534 Å². The molecule has 27 aromatic carbocycles. The van der Waals surface area contributed by atoms with Crippen molar-refractivity contribution in [1.29, 1.82) is 0 Å². The van der Waals surface area contributed by atoms with E-state index in [0.29, 0.717) is 0 Å². The van der Waals surface area contributed by atoms with Crippen molar-refractivity contribution < 1.29 is 0 Å². The van der Waals surface area contributed by atoms with Gasteiger partial charge in [-0.1, -0.05) is 449 Å². The third-order valence-electron chi connectivity index (χ3n) is 31.3. The van der Waals surface area contributed by atoms with E-state index < -0.39 is 0 Å². The summed E-state index contributed by atoms with van der Waals surface area (Å²) in [6, 6.07) is 194. The zero-order chi connectivity index (χ0) is 98.5. The molecule has 4 heterocycles. The number of nitrogens with zero attached hydrogens (tertiary/aromatic N) is 6. The zero-order valence-corrected chi connectivity index (χ0v) is 81.5. The molecule has 31 rings (SSSR count). The molecule has 0 fully saturated rings. The lowest BCUT2D eigenvalue weighted by molar-refractivity contribution is 1.07. The smallest absolute Gasteiger partial charge is 0.145 e. The molecule has 31 aromatic rings. The Morgan fingerprint density at radius 1 is 0.133 bits per heavy atom. The van der Waals surface area contributed by atoms with Crippen molar-refractivity contribution >= 4 is 184 Å². The molecule has 150 heavy (non-hydrogen) atoms. The van der Waals surface area contributed by atoms with Crippen LogP contribution in [-0.2, 0) is 0 Å². The third-order valence-corrected chi connectivity index (χ3v) is 31.3. The summed E-state index contributed by atoms with van der Waals surface area (Å²) in [5, 5.41) is 36.8. The normalized spacial score (nSPS) is 11.9. The van der Waals surface area contributed by atoms with Crippen LogP contribution in [0, 0.1) is 0 Å². The predicted molar refractivity (Wildman–Crippen MR) is 635 cm³/mol. The van der Waals surface area contributed by atoms with Crippen LogP contribution in [0.2, 0.25) is 0 Å². The Bertz CT molecular complexity index is 10900. The fraction of sp³-hybridized carbons (Fsp3) is 0. The average molecular weight is 1900 g/mol. The number of rotatable bonds is 12. The van der Waals surface area contributed by atoms with Crippen molar-refractivity contribution in [2.75, 3.05) is 0 Å². The zero-order valence-electron chi connectivity index (χ0n) is 81.5. The summed E-state index contributed by atoms with van der Waals surface area (Å²) in [5.74, 6) is 1.79. The molecule has 0 bridgehead atoms. The quantitative estimate of drug-likeness (QED) is 0.114. The summed E-state index contributed by atoms with van der Waals surface area (Å²) in [6.45, 7) is 0. The van der Waals surface area contributed by atoms with Crippen molar-refractivity contribution in [3.8, 4) is 124 Å². The Morgan fingerprint density at radius 2 is 0.387 bits per heavy atom. The lowest BCUT2D eigenvalue weighted by Gasteiger charge is -2.18. The second-order valence-corrected chi connectivity index (χ2v) is 39.5. The van der Waals surface area contributed by atoms with Crippen LogP contribution in [0.1, 0.15) is 0 Å². The summed E-state index contributed by atoms with van der Waals surface area (Å²) >= 11 is 0. The number of imidazole rings is 2. The highest BCUT2D eigenvalue weighted by Gasteiger charge is 2.28. The van der Waals surface area contributed by atoms with Gasteiger partial charge in [-0.15, -0.1) is 0 Å². The van der Waals surface area contributed by atoms with E-state index in [1.807, 2.05) is 0 Å². The minimum Gasteiger partial charge on any atom is -0.292 e. The molecule has 694 valence electrons. The van der Waals surface area contributed by atoms with Crippen LogP contribution in [0.25, 0.3) is 307 Å². The molecule has 0 aliphatic heterocycles. The highest BCUT2D eigenvalue weighted by atomic mass is 15.1. The van der Waals surface area contributed by atoms with E-state index in [-0.39, 0.29) is 0 Å². The summed E-state index contributed by atoms with van der Waals surface area (Å²) < 4.78 is 4.63. The highest BCUT2D eigenvalue weighted by molar-refractivity contribution is 6.31. The van der Waals surface area contributed by atoms with Crippen molar-refractivity contribution in [1.82, 2.24) is 29.1 Å². The van der Waals surface area contributed by atoms with Gasteiger partial charge in [0.25, 0.3) is 0 Å². The topological polar surface area (TPSA) is 61.4 Å². The highest BCUT2D eigenvalue weighted by Crippen LogP contribution is 2.51. The van der Waals surface area contributed by atoms with Crippen LogP contribution in [0.15, 0.2) is 534 Å². The van der Waals surface area contributed by atoms with Gasteiger partial charge in [0, 0.05) is 66.3 Å². The van der Waals surface area contributed by atoms with Crippen LogP contribution in [0.4, 0.5) is 0 Å². The van der Waals surface area contributed by atoms with Crippen molar-refractivity contribution in [3.63, 3.8) is 0 Å². The molecule has 0 unspecified atom stereocenters. The van der Waals surface area contributed by atoms with E-state index in [4.69, 9.17) is 19.9 Å². The first-order valence-electron chi connectivity index (χ1n) is 51.5. The fourth-order valence-corrected chi connectivity index (χ4v) is 24.4. The molecule has 0 amide bonds. The number of hydrogen-bond acceptors (Lipinski definition) is 4. The SMILES string of the molecule is c1ccc(-c2nc(-c3ccccc3)n(-c3ccc(-c4cc(-c5ccc6c7ccccc7c7ccccc7c6c5)nc5c4cc(-c4ccc6c7ccccc7c7ccccc7c6c4)c4ccccc45)cc3)c2-c2ccccc2)cc1.c1ccc(-c2nc3cc(-c4cc(-c5ccc6c7ccccc7c7ccccc7c6c5)nc5c4cc(-c4ccc6c7ccccc7c7ccccc7c6c4)c4ccccc45)ccc3n2-c2ccccc2)cc1. The van der Waals surface area contributed by atoms with E-state index in [0.717, 1.165) is 150 Å². The Morgan fingerprint density at radius 3 is 0.753 bits per heavy atom. The molecule has 0 atom stereocenters. The molecule has 6 nitrogen and oxygen atoms in total. The largest absolute Gasteiger partial charge is 0.292 e. The molecule has 0 saturated carbocycles. The Hall–Kier alpha value is -19.9. The second-order valence-electron chi connectivity index (χ2n) is 39.5. The molecule has 6 heteroatoms. The first-order chi connectivity index (χ1) is 74.4. The van der Waals surface area contributed by atoms with E-state index in [1.165, 1.54) is 157 Å². The molecule has 0 spiro atoms. The summed E-state index contributed by atoms with van der Waals surface area (Å²) in [6.07, 6.45) is 0. The fourth-order valence-electron chi connectivity index (χ4n) is 24.4. The van der Waals surface area contributed by atoms with Gasteiger partial charge in [0.1, 0.15) is 11.6 Å². The van der Waals surface area contributed by atoms with Crippen molar-refractivity contribution in [2.24, 2.45) is 0 Å².